The maximum Gasteiger partial charge on any atom is 0.172 e. The quantitative estimate of drug-likeness (QED) is 0.572. The smallest absolute Gasteiger partial charge is 0.172 e. The van der Waals surface area contributed by atoms with Gasteiger partial charge >= 0.3 is 0 Å². The molecule has 4 rings (SSSR count). The van der Waals surface area contributed by atoms with Crippen LogP contribution < -0.4 is 0 Å². The van der Waals surface area contributed by atoms with E-state index in [9.17, 15) is 4.79 Å². The molecule has 22 heavy (non-hydrogen) atoms. The van der Waals surface area contributed by atoms with E-state index in [1.165, 1.54) is 22.3 Å². The van der Waals surface area contributed by atoms with Crippen LogP contribution >= 0.6 is 31.9 Å². The molecule has 0 unspecified atom stereocenters. The van der Waals surface area contributed by atoms with Gasteiger partial charge in [0.1, 0.15) is 3.23 Å². The summed E-state index contributed by atoms with van der Waals surface area (Å²) in [4.78, 5) is 13.1. The van der Waals surface area contributed by atoms with Crippen LogP contribution in [-0.2, 0) is 6.42 Å². The highest BCUT2D eigenvalue weighted by Gasteiger charge is 2.80. The molecule has 3 heteroatoms. The van der Waals surface area contributed by atoms with Crippen LogP contribution in [0.1, 0.15) is 38.5 Å². The van der Waals surface area contributed by atoms with Gasteiger partial charge in [0.15, 0.2) is 5.78 Å². The van der Waals surface area contributed by atoms with E-state index in [1.54, 1.807) is 0 Å². The molecule has 2 aromatic rings. The lowest BCUT2D eigenvalue weighted by molar-refractivity contribution is 0.0915. The molecule has 2 aromatic carbocycles. The first kappa shape index (κ1) is 14.6. The molecule has 0 N–H and O–H groups in total. The molecule has 0 aromatic heterocycles. The Morgan fingerprint density at radius 2 is 1.77 bits per heavy atom. The molecule has 2 atom stereocenters. The molecule has 1 fully saturated rings. The van der Waals surface area contributed by atoms with Crippen molar-refractivity contribution in [1.29, 1.82) is 0 Å². The Labute approximate surface area is 147 Å². The molecular formula is C19H16Br2O. The molecule has 112 valence electrons. The second-order valence-corrected chi connectivity index (χ2v) is 10.1. The molecule has 0 saturated heterocycles. The second kappa shape index (κ2) is 4.55. The van der Waals surface area contributed by atoms with Crippen molar-refractivity contribution in [2.45, 2.75) is 29.4 Å². The summed E-state index contributed by atoms with van der Waals surface area (Å²) in [6, 6.07) is 14.5. The lowest BCUT2D eigenvalue weighted by atomic mass is 9.93. The summed E-state index contributed by atoms with van der Waals surface area (Å²) in [5.74, 6) is 0.430. The van der Waals surface area contributed by atoms with Crippen molar-refractivity contribution >= 4 is 37.6 Å². The molecule has 0 aliphatic heterocycles. The minimum Gasteiger partial charge on any atom is -0.293 e. The number of Topliss-reactive ketones (excluding diaryl/α,β-unsaturated/α-hetero) is 1. The van der Waals surface area contributed by atoms with E-state index in [0.717, 1.165) is 12.0 Å². The first-order chi connectivity index (χ1) is 10.4. The van der Waals surface area contributed by atoms with Crippen LogP contribution in [0.15, 0.2) is 42.5 Å². The number of rotatable bonds is 1. The summed E-state index contributed by atoms with van der Waals surface area (Å²) in [6.45, 7) is 4.25. The third-order valence-electron chi connectivity index (χ3n) is 5.37. The van der Waals surface area contributed by atoms with Gasteiger partial charge in [0, 0.05) is 11.5 Å². The first-order valence-corrected chi connectivity index (χ1v) is 9.06. The van der Waals surface area contributed by atoms with E-state index in [4.69, 9.17) is 0 Å². The van der Waals surface area contributed by atoms with E-state index in [0.29, 0.717) is 0 Å². The van der Waals surface area contributed by atoms with Crippen LogP contribution in [0, 0.1) is 19.3 Å². The van der Waals surface area contributed by atoms with Crippen LogP contribution in [0.3, 0.4) is 0 Å². The number of ketones is 1. The van der Waals surface area contributed by atoms with Crippen molar-refractivity contribution in [2.24, 2.45) is 5.41 Å². The summed E-state index contributed by atoms with van der Waals surface area (Å²) in [6.07, 6.45) is 0.802. The summed E-state index contributed by atoms with van der Waals surface area (Å²) >= 11 is 7.62. The van der Waals surface area contributed by atoms with E-state index >= 15 is 0 Å². The number of hydrogen-bond acceptors (Lipinski definition) is 1. The topological polar surface area (TPSA) is 17.1 Å². The third kappa shape index (κ3) is 1.67. The Balaban J connectivity index is 1.81. The SMILES string of the molecule is Cc1ccc([C@H]2C(Br)(Br)[C@@]23Cc2ccccc2C3=O)cc1C. The number of benzene rings is 2. The van der Waals surface area contributed by atoms with Gasteiger partial charge in [-0.15, -0.1) is 0 Å². The summed E-state index contributed by atoms with van der Waals surface area (Å²) in [5, 5.41) is 0. The van der Waals surface area contributed by atoms with Gasteiger partial charge < -0.3 is 0 Å². The maximum atomic E-state index is 13.1. The number of halogens is 2. The Hall–Kier alpha value is -0.930. The van der Waals surface area contributed by atoms with Gasteiger partial charge in [0.25, 0.3) is 0 Å². The maximum absolute atomic E-state index is 13.1. The van der Waals surface area contributed by atoms with Gasteiger partial charge in [-0.3, -0.25) is 4.79 Å². The normalized spacial score (nSPS) is 28.0. The van der Waals surface area contributed by atoms with Crippen LogP contribution in [0.2, 0.25) is 0 Å². The van der Waals surface area contributed by atoms with E-state index in [2.05, 4.69) is 70.0 Å². The molecule has 0 radical (unpaired) electrons. The van der Waals surface area contributed by atoms with Crippen molar-refractivity contribution in [3.8, 4) is 0 Å². The molecule has 1 spiro atoms. The average Bonchev–Trinajstić information content (AvgIpc) is 2.81. The second-order valence-electron chi connectivity index (χ2n) is 6.53. The van der Waals surface area contributed by atoms with E-state index < -0.39 is 5.41 Å². The molecule has 1 saturated carbocycles. The predicted molar refractivity (Wildman–Crippen MR) is 96.2 cm³/mol. The number of aryl methyl sites for hydroxylation is 2. The number of fused-ring (bicyclic) bond motifs is 1. The summed E-state index contributed by atoms with van der Waals surface area (Å²) in [7, 11) is 0. The van der Waals surface area contributed by atoms with Crippen molar-refractivity contribution in [3.63, 3.8) is 0 Å². The predicted octanol–water partition coefficient (Wildman–Crippen LogP) is 5.31. The van der Waals surface area contributed by atoms with Gasteiger partial charge in [0.05, 0.1) is 5.41 Å². The third-order valence-corrected chi connectivity index (χ3v) is 7.70. The molecular weight excluding hydrogens is 404 g/mol. The molecule has 0 amide bonds. The van der Waals surface area contributed by atoms with E-state index in [1.807, 2.05) is 18.2 Å². The van der Waals surface area contributed by atoms with Crippen LogP contribution in [0.25, 0.3) is 0 Å². The van der Waals surface area contributed by atoms with Gasteiger partial charge in [-0.2, -0.15) is 0 Å². The zero-order chi connectivity index (χ0) is 15.7. The van der Waals surface area contributed by atoms with Crippen LogP contribution in [-0.4, -0.2) is 9.02 Å². The van der Waals surface area contributed by atoms with Crippen LogP contribution in [0.4, 0.5) is 0 Å². The van der Waals surface area contributed by atoms with Crippen molar-refractivity contribution in [3.05, 3.63) is 70.3 Å². The number of carbonyl (C=O) groups is 1. The minimum atomic E-state index is -0.390. The monoisotopic (exact) mass is 418 g/mol. The molecule has 1 nitrogen and oxygen atoms in total. The minimum absolute atomic E-state index is 0.166. The highest BCUT2D eigenvalue weighted by molar-refractivity contribution is 9.25. The van der Waals surface area contributed by atoms with Gasteiger partial charge in [0.2, 0.25) is 0 Å². The summed E-state index contributed by atoms with van der Waals surface area (Å²) < 4.78 is -0.342. The standard InChI is InChI=1S/C19H16Br2O/c1-11-7-8-13(9-12(11)2)16-18(19(16,20)21)10-14-5-3-4-6-15(14)17(18)22/h3-9,16H,10H2,1-2H3/t16-,18+/m1/s1. The Bertz CT molecular complexity index is 809. The van der Waals surface area contributed by atoms with Gasteiger partial charge in [-0.1, -0.05) is 74.3 Å². The van der Waals surface area contributed by atoms with Crippen molar-refractivity contribution in [1.82, 2.24) is 0 Å². The van der Waals surface area contributed by atoms with Crippen molar-refractivity contribution < 1.29 is 4.79 Å². The van der Waals surface area contributed by atoms with E-state index in [-0.39, 0.29) is 14.9 Å². The number of hydrogen-bond donors (Lipinski definition) is 0. The Kier molecular flexibility index (Phi) is 3.03. The van der Waals surface area contributed by atoms with Crippen molar-refractivity contribution in [2.75, 3.05) is 0 Å². The van der Waals surface area contributed by atoms with Gasteiger partial charge in [-0.25, -0.2) is 0 Å². The fraction of sp³-hybridized carbons (Fsp3) is 0.316. The fourth-order valence-electron chi connectivity index (χ4n) is 3.91. The first-order valence-electron chi connectivity index (χ1n) is 7.47. The largest absolute Gasteiger partial charge is 0.293 e. The Morgan fingerprint density at radius 1 is 1.05 bits per heavy atom. The highest BCUT2D eigenvalue weighted by atomic mass is 79.9. The Morgan fingerprint density at radius 3 is 2.45 bits per heavy atom. The molecule has 2 aliphatic carbocycles. The highest BCUT2D eigenvalue weighted by Crippen LogP contribution is 2.79. The molecule has 2 aliphatic rings. The molecule has 0 bridgehead atoms. The van der Waals surface area contributed by atoms with Crippen LogP contribution in [0.5, 0.6) is 0 Å². The molecule has 0 heterocycles. The zero-order valence-electron chi connectivity index (χ0n) is 12.5. The zero-order valence-corrected chi connectivity index (χ0v) is 15.7. The number of alkyl halides is 2. The van der Waals surface area contributed by atoms with Gasteiger partial charge in [-0.05, 0) is 42.5 Å². The lowest BCUT2D eigenvalue weighted by Crippen LogP contribution is -2.17. The average molecular weight is 420 g/mol. The fourth-order valence-corrected chi connectivity index (χ4v) is 6.09. The number of carbonyl (C=O) groups excluding carboxylic acids is 1. The lowest BCUT2D eigenvalue weighted by Gasteiger charge is -2.09. The summed E-state index contributed by atoms with van der Waals surface area (Å²) in [5.41, 5.74) is 5.46.